The monoisotopic (exact) mass is 406 g/mol. The summed E-state index contributed by atoms with van der Waals surface area (Å²) in [6.07, 6.45) is 1.52. The maximum Gasteiger partial charge on any atom is 0.323 e. The van der Waals surface area contributed by atoms with Crippen molar-refractivity contribution in [3.05, 3.63) is 71.1 Å². The highest BCUT2D eigenvalue weighted by molar-refractivity contribution is 6.30. The van der Waals surface area contributed by atoms with Crippen LogP contribution in [0.4, 0.5) is 27.7 Å². The molecule has 0 radical (unpaired) electrons. The molecule has 4 aromatic rings. The zero-order valence-corrected chi connectivity index (χ0v) is 16.6. The van der Waals surface area contributed by atoms with E-state index in [1.54, 1.807) is 24.3 Å². The number of carbonyl (C=O) groups is 1. The summed E-state index contributed by atoms with van der Waals surface area (Å²) in [6, 6.07) is 14.0. The van der Waals surface area contributed by atoms with Crippen molar-refractivity contribution in [2.45, 2.75) is 13.8 Å². The van der Waals surface area contributed by atoms with E-state index in [0.29, 0.717) is 16.4 Å². The fourth-order valence-corrected chi connectivity index (χ4v) is 3.21. The molecule has 0 aliphatic rings. The minimum Gasteiger partial charge on any atom is -0.343 e. The second-order valence-corrected chi connectivity index (χ2v) is 7.05. The number of aromatic nitrogens is 3. The highest BCUT2D eigenvalue weighted by Gasteiger charge is 2.11. The maximum absolute atomic E-state index is 12.2. The van der Waals surface area contributed by atoms with E-state index in [4.69, 9.17) is 11.6 Å². The van der Waals surface area contributed by atoms with Crippen molar-refractivity contribution < 1.29 is 4.79 Å². The van der Waals surface area contributed by atoms with Gasteiger partial charge in [-0.25, -0.2) is 14.8 Å². The number of aromatic amines is 1. The van der Waals surface area contributed by atoms with Gasteiger partial charge in [0.25, 0.3) is 0 Å². The zero-order valence-electron chi connectivity index (χ0n) is 15.9. The van der Waals surface area contributed by atoms with Gasteiger partial charge in [-0.05, 0) is 61.9 Å². The third-order valence-electron chi connectivity index (χ3n) is 4.58. The van der Waals surface area contributed by atoms with E-state index in [1.807, 2.05) is 38.1 Å². The molecule has 2 aromatic carbocycles. The third kappa shape index (κ3) is 4.14. The van der Waals surface area contributed by atoms with Crippen LogP contribution in [0.25, 0.3) is 11.0 Å². The number of fused-ring (bicyclic) bond motifs is 1. The lowest BCUT2D eigenvalue weighted by Gasteiger charge is -2.10. The van der Waals surface area contributed by atoms with Gasteiger partial charge in [0.2, 0.25) is 0 Å². The van der Waals surface area contributed by atoms with Gasteiger partial charge in [0, 0.05) is 27.8 Å². The van der Waals surface area contributed by atoms with Gasteiger partial charge in [-0.1, -0.05) is 17.7 Å². The van der Waals surface area contributed by atoms with Gasteiger partial charge in [-0.2, -0.15) is 0 Å². The summed E-state index contributed by atoms with van der Waals surface area (Å²) in [5, 5.41) is 10.4. The summed E-state index contributed by atoms with van der Waals surface area (Å²) in [6.45, 7) is 4.05. The van der Waals surface area contributed by atoms with Gasteiger partial charge >= 0.3 is 6.03 Å². The van der Waals surface area contributed by atoms with Crippen LogP contribution in [0.2, 0.25) is 5.02 Å². The van der Waals surface area contributed by atoms with Gasteiger partial charge in [0.15, 0.2) is 0 Å². The summed E-state index contributed by atoms with van der Waals surface area (Å²) in [4.78, 5) is 24.1. The van der Waals surface area contributed by atoms with E-state index in [2.05, 4.69) is 30.9 Å². The van der Waals surface area contributed by atoms with Crippen molar-refractivity contribution >= 4 is 51.5 Å². The van der Waals surface area contributed by atoms with Crippen molar-refractivity contribution in [1.29, 1.82) is 0 Å². The van der Waals surface area contributed by atoms with Crippen molar-refractivity contribution in [1.82, 2.24) is 15.0 Å². The van der Waals surface area contributed by atoms with Gasteiger partial charge in [-0.15, -0.1) is 0 Å². The van der Waals surface area contributed by atoms with Crippen LogP contribution < -0.4 is 16.0 Å². The van der Waals surface area contributed by atoms with Crippen LogP contribution in [0.1, 0.15) is 11.3 Å². The number of aryl methyl sites for hydroxylation is 2. The summed E-state index contributed by atoms with van der Waals surface area (Å²) in [5.41, 5.74) is 5.11. The van der Waals surface area contributed by atoms with E-state index >= 15 is 0 Å². The first-order valence-corrected chi connectivity index (χ1v) is 9.38. The molecule has 0 bridgehead atoms. The summed E-state index contributed by atoms with van der Waals surface area (Å²) in [5.74, 6) is 0.733. The molecule has 0 saturated carbocycles. The number of benzene rings is 2. The first kappa shape index (κ1) is 18.8. The zero-order chi connectivity index (χ0) is 20.4. The SMILES string of the molecule is Cc1[nH]c2ncnc(Nc3ccc(NC(=O)Nc4cccc(Cl)c4)cc3)c2c1C. The lowest BCUT2D eigenvalue weighted by atomic mass is 10.2. The molecule has 8 heteroatoms. The van der Waals surface area contributed by atoms with Crippen molar-refractivity contribution in [2.75, 3.05) is 16.0 Å². The van der Waals surface area contributed by atoms with Crippen LogP contribution in [0, 0.1) is 13.8 Å². The Morgan fingerprint density at radius 1 is 0.966 bits per heavy atom. The second kappa shape index (κ2) is 7.81. The molecule has 2 amide bonds. The summed E-state index contributed by atoms with van der Waals surface area (Å²) in [7, 11) is 0. The predicted octanol–water partition coefficient (Wildman–Crippen LogP) is 5.62. The smallest absolute Gasteiger partial charge is 0.323 e. The molecule has 7 nitrogen and oxygen atoms in total. The molecular formula is C21H19ClN6O. The Morgan fingerprint density at radius 2 is 1.69 bits per heavy atom. The van der Waals surface area contributed by atoms with E-state index in [-0.39, 0.29) is 6.03 Å². The number of nitrogens with one attached hydrogen (secondary N) is 4. The molecule has 0 unspecified atom stereocenters. The third-order valence-corrected chi connectivity index (χ3v) is 4.81. The van der Waals surface area contributed by atoms with Crippen LogP contribution in [-0.2, 0) is 0 Å². The molecule has 4 N–H and O–H groups in total. The normalized spacial score (nSPS) is 10.7. The standard InChI is InChI=1S/C21H19ClN6O/c1-12-13(2)25-19-18(12)20(24-11-23-19)26-15-6-8-16(9-7-15)27-21(29)28-17-5-3-4-14(22)10-17/h3-11H,1-2H3,(H2,27,28,29)(H2,23,24,25,26). The van der Waals surface area contributed by atoms with Crippen LogP contribution >= 0.6 is 11.6 Å². The van der Waals surface area contributed by atoms with Gasteiger partial charge in [-0.3, -0.25) is 0 Å². The largest absolute Gasteiger partial charge is 0.343 e. The van der Waals surface area contributed by atoms with Crippen molar-refractivity contribution in [3.63, 3.8) is 0 Å². The Labute approximate surface area is 172 Å². The van der Waals surface area contributed by atoms with E-state index in [0.717, 1.165) is 33.8 Å². The molecule has 29 heavy (non-hydrogen) atoms. The predicted molar refractivity (Wildman–Crippen MR) is 117 cm³/mol. The van der Waals surface area contributed by atoms with Crippen LogP contribution in [0.15, 0.2) is 54.9 Å². The summed E-state index contributed by atoms with van der Waals surface area (Å²) >= 11 is 5.93. The van der Waals surface area contributed by atoms with Gasteiger partial charge < -0.3 is 20.9 Å². The van der Waals surface area contributed by atoms with Crippen LogP contribution in [-0.4, -0.2) is 21.0 Å². The lowest BCUT2D eigenvalue weighted by molar-refractivity contribution is 0.262. The molecule has 0 spiro atoms. The average Bonchev–Trinajstić information content (AvgIpc) is 2.98. The number of halogens is 1. The van der Waals surface area contributed by atoms with Gasteiger partial charge in [0.1, 0.15) is 17.8 Å². The molecule has 0 atom stereocenters. The maximum atomic E-state index is 12.2. The van der Waals surface area contributed by atoms with E-state index < -0.39 is 0 Å². The average molecular weight is 407 g/mol. The van der Waals surface area contributed by atoms with Crippen molar-refractivity contribution in [2.24, 2.45) is 0 Å². The molecule has 2 aromatic heterocycles. The molecule has 0 saturated heterocycles. The Bertz CT molecular complexity index is 1190. The van der Waals surface area contributed by atoms with E-state index in [1.165, 1.54) is 6.33 Å². The Hall–Kier alpha value is -3.58. The van der Waals surface area contributed by atoms with Crippen LogP contribution in [0.5, 0.6) is 0 Å². The fraction of sp³-hybridized carbons (Fsp3) is 0.0952. The number of H-pyrrole nitrogens is 1. The van der Waals surface area contributed by atoms with E-state index in [9.17, 15) is 4.79 Å². The van der Waals surface area contributed by atoms with Crippen molar-refractivity contribution in [3.8, 4) is 0 Å². The topological polar surface area (TPSA) is 94.7 Å². The highest BCUT2D eigenvalue weighted by Crippen LogP contribution is 2.28. The quantitative estimate of drug-likeness (QED) is 0.354. The Kier molecular flexibility index (Phi) is 5.05. The Balaban J connectivity index is 1.45. The minimum atomic E-state index is -0.344. The highest BCUT2D eigenvalue weighted by atomic mass is 35.5. The molecule has 0 fully saturated rings. The number of carbonyl (C=O) groups excluding carboxylic acids is 1. The fourth-order valence-electron chi connectivity index (χ4n) is 3.02. The number of hydrogen-bond acceptors (Lipinski definition) is 4. The number of anilines is 4. The first-order valence-electron chi connectivity index (χ1n) is 9.00. The first-order chi connectivity index (χ1) is 14.0. The number of hydrogen-bond donors (Lipinski definition) is 4. The molecule has 0 aliphatic heterocycles. The number of nitrogens with zero attached hydrogens (tertiary/aromatic N) is 2. The number of urea groups is 1. The molecular weight excluding hydrogens is 388 g/mol. The molecule has 4 rings (SSSR count). The second-order valence-electron chi connectivity index (χ2n) is 6.61. The summed E-state index contributed by atoms with van der Waals surface area (Å²) < 4.78 is 0. The molecule has 0 aliphatic carbocycles. The van der Waals surface area contributed by atoms with Gasteiger partial charge in [0.05, 0.1) is 5.39 Å². The number of amides is 2. The minimum absolute atomic E-state index is 0.344. The van der Waals surface area contributed by atoms with Crippen LogP contribution in [0.3, 0.4) is 0 Å². The molecule has 146 valence electrons. The molecule has 2 heterocycles. The lowest BCUT2D eigenvalue weighted by Crippen LogP contribution is -2.19. The Morgan fingerprint density at radius 3 is 2.45 bits per heavy atom. The number of rotatable bonds is 4.